The zero-order valence-electron chi connectivity index (χ0n) is 18.0. The third kappa shape index (κ3) is 4.00. The number of para-hydroxylation sites is 1. The Morgan fingerprint density at radius 1 is 1.24 bits per heavy atom. The first-order chi connectivity index (χ1) is 16.0. The molecule has 1 N–H and O–H groups in total. The molecule has 0 radical (unpaired) electrons. The number of methoxy groups -OCH3 is 1. The van der Waals surface area contributed by atoms with Crippen molar-refractivity contribution in [3.05, 3.63) is 69.6 Å². The van der Waals surface area contributed by atoms with Crippen molar-refractivity contribution in [2.24, 2.45) is 4.99 Å². The summed E-state index contributed by atoms with van der Waals surface area (Å²) in [5, 5.41) is 3.53. The second kappa shape index (κ2) is 8.55. The molecule has 33 heavy (non-hydrogen) atoms. The smallest absolute Gasteiger partial charge is 0.311 e. The van der Waals surface area contributed by atoms with Gasteiger partial charge in [0.25, 0.3) is 5.56 Å². The molecule has 0 atom stereocenters. The van der Waals surface area contributed by atoms with Gasteiger partial charge < -0.3 is 14.2 Å². The van der Waals surface area contributed by atoms with Crippen LogP contribution >= 0.6 is 11.3 Å². The summed E-state index contributed by atoms with van der Waals surface area (Å²) in [5.74, 6) is 0.910. The number of esters is 1. The van der Waals surface area contributed by atoms with Crippen molar-refractivity contribution in [3.63, 3.8) is 0 Å². The molecule has 2 aromatic carbocycles. The van der Waals surface area contributed by atoms with Gasteiger partial charge in [0.05, 0.1) is 41.5 Å². The molecule has 0 saturated carbocycles. The van der Waals surface area contributed by atoms with Crippen molar-refractivity contribution >= 4 is 33.2 Å². The maximum Gasteiger partial charge on any atom is 0.311 e. The second-order valence-electron chi connectivity index (χ2n) is 7.41. The van der Waals surface area contributed by atoms with Gasteiger partial charge in [0.2, 0.25) is 11.9 Å². The maximum atomic E-state index is 13.4. The number of benzene rings is 2. The maximum absolute atomic E-state index is 13.4. The van der Waals surface area contributed by atoms with Crippen molar-refractivity contribution in [3.8, 4) is 16.6 Å². The quantitative estimate of drug-likeness (QED) is 0.347. The molecule has 0 fully saturated rings. The van der Waals surface area contributed by atoms with Crippen LogP contribution in [0.1, 0.15) is 23.7 Å². The average Bonchev–Trinajstić information content (AvgIpc) is 3.53. The zero-order valence-corrected chi connectivity index (χ0v) is 18.8. The summed E-state index contributed by atoms with van der Waals surface area (Å²) in [4.78, 5) is 34.5. The van der Waals surface area contributed by atoms with Crippen molar-refractivity contribution < 1.29 is 19.0 Å². The van der Waals surface area contributed by atoms with E-state index in [0.29, 0.717) is 40.1 Å². The number of nitrogens with zero attached hydrogens (tertiary/aromatic N) is 3. The van der Waals surface area contributed by atoms with E-state index in [-0.39, 0.29) is 18.8 Å². The molecular weight excluding hydrogens is 444 g/mol. The number of aliphatic imine (C=N–C) groups is 1. The third-order valence-corrected chi connectivity index (χ3v) is 6.31. The molecular formula is C23H20N4O5S. The van der Waals surface area contributed by atoms with Gasteiger partial charge in [0, 0.05) is 5.71 Å². The highest BCUT2D eigenvalue weighted by Crippen LogP contribution is 2.32. The van der Waals surface area contributed by atoms with E-state index in [2.05, 4.69) is 15.1 Å². The number of ether oxygens (including phenoxy) is 3. The Hall–Kier alpha value is -3.92. The van der Waals surface area contributed by atoms with Gasteiger partial charge in [-0.05, 0) is 36.8 Å². The van der Waals surface area contributed by atoms with Crippen LogP contribution in [-0.2, 0) is 22.5 Å². The fourth-order valence-electron chi connectivity index (χ4n) is 3.62. The molecule has 4 aromatic rings. The fraction of sp³-hybridized carbons (Fsp3) is 0.217. The molecule has 3 heterocycles. The first-order valence-corrected chi connectivity index (χ1v) is 11.0. The lowest BCUT2D eigenvalue weighted by molar-refractivity contribution is -0.139. The van der Waals surface area contributed by atoms with Gasteiger partial charge in [-0.1, -0.05) is 29.5 Å². The molecule has 1 aliphatic rings. The fourth-order valence-corrected chi connectivity index (χ4v) is 4.54. The van der Waals surface area contributed by atoms with E-state index < -0.39 is 5.97 Å². The Kier molecular flexibility index (Phi) is 5.43. The molecule has 5 rings (SSSR count). The molecule has 9 nitrogen and oxygen atoms in total. The van der Waals surface area contributed by atoms with E-state index >= 15 is 0 Å². The van der Waals surface area contributed by atoms with Crippen LogP contribution in [0.4, 0.5) is 0 Å². The summed E-state index contributed by atoms with van der Waals surface area (Å²) in [6.45, 7) is 2.29. The molecule has 0 spiro atoms. The summed E-state index contributed by atoms with van der Waals surface area (Å²) >= 11 is 1.38. The molecule has 10 heteroatoms. The Bertz CT molecular complexity index is 1420. The molecule has 168 valence electrons. The van der Waals surface area contributed by atoms with Crippen LogP contribution in [0.3, 0.4) is 0 Å². The van der Waals surface area contributed by atoms with Crippen LogP contribution in [0, 0.1) is 0 Å². The van der Waals surface area contributed by atoms with Crippen LogP contribution in [0.5, 0.6) is 11.5 Å². The highest BCUT2D eigenvalue weighted by atomic mass is 32.1. The Morgan fingerprint density at radius 2 is 2.06 bits per heavy atom. The zero-order chi connectivity index (χ0) is 22.9. The topological polar surface area (TPSA) is 108 Å². The van der Waals surface area contributed by atoms with Crippen molar-refractivity contribution in [1.82, 2.24) is 14.8 Å². The Labute approximate surface area is 192 Å². The molecule has 0 aliphatic carbocycles. The number of fused-ring (bicyclic) bond motifs is 2. The van der Waals surface area contributed by atoms with E-state index in [9.17, 15) is 9.59 Å². The van der Waals surface area contributed by atoms with Gasteiger partial charge in [-0.3, -0.25) is 19.7 Å². The average molecular weight is 465 g/mol. The minimum absolute atomic E-state index is 0.0874. The van der Waals surface area contributed by atoms with Crippen LogP contribution in [0.25, 0.3) is 15.3 Å². The largest absolute Gasteiger partial charge is 0.469 e. The Balaban J connectivity index is 1.52. The van der Waals surface area contributed by atoms with Crippen molar-refractivity contribution in [2.75, 3.05) is 13.9 Å². The molecule has 0 saturated heterocycles. The SMILES string of the molecule is COC(=O)Cc1[nH]n(-c2nc3ccccc3s2)c(=O)c1C(C)=NCc1ccc2c(c1)OCO2. The molecule has 1 aliphatic heterocycles. The number of nitrogens with one attached hydrogen (secondary N) is 1. The van der Waals surface area contributed by atoms with E-state index in [1.54, 1.807) is 6.92 Å². The number of hydrogen-bond donors (Lipinski definition) is 1. The molecule has 0 amide bonds. The highest BCUT2D eigenvalue weighted by Gasteiger charge is 2.22. The third-order valence-electron chi connectivity index (χ3n) is 5.29. The van der Waals surface area contributed by atoms with Gasteiger partial charge >= 0.3 is 5.97 Å². The number of carbonyl (C=O) groups is 1. The van der Waals surface area contributed by atoms with Gasteiger partial charge in [0.1, 0.15) is 0 Å². The van der Waals surface area contributed by atoms with Gasteiger partial charge in [-0.25, -0.2) is 4.98 Å². The number of aromatic nitrogens is 3. The van der Waals surface area contributed by atoms with Gasteiger partial charge in [-0.2, -0.15) is 4.68 Å². The summed E-state index contributed by atoms with van der Waals surface area (Å²) in [6.07, 6.45) is -0.0874. The van der Waals surface area contributed by atoms with Crippen molar-refractivity contribution in [1.29, 1.82) is 0 Å². The number of carbonyl (C=O) groups excluding carboxylic acids is 1. The molecule has 0 bridgehead atoms. The van der Waals surface area contributed by atoms with Gasteiger partial charge in [-0.15, -0.1) is 0 Å². The number of hydrogen-bond acceptors (Lipinski definition) is 8. The lowest BCUT2D eigenvalue weighted by atomic mass is 10.1. The summed E-state index contributed by atoms with van der Waals surface area (Å²) in [6, 6.07) is 13.2. The number of aromatic amines is 1. The van der Waals surface area contributed by atoms with Gasteiger partial charge in [0.15, 0.2) is 11.5 Å². The summed E-state index contributed by atoms with van der Waals surface area (Å²) in [5.41, 5.74) is 2.66. The van der Waals surface area contributed by atoms with Crippen LogP contribution in [-0.4, -0.2) is 40.3 Å². The predicted molar refractivity (Wildman–Crippen MR) is 124 cm³/mol. The first kappa shape index (κ1) is 21.0. The molecule has 0 unspecified atom stereocenters. The first-order valence-electron chi connectivity index (χ1n) is 10.2. The van der Waals surface area contributed by atoms with Crippen LogP contribution in [0.2, 0.25) is 0 Å². The normalized spacial score (nSPS) is 13.0. The van der Waals surface area contributed by atoms with Crippen LogP contribution < -0.4 is 15.0 Å². The van der Waals surface area contributed by atoms with Crippen LogP contribution in [0.15, 0.2) is 52.3 Å². The predicted octanol–water partition coefficient (Wildman–Crippen LogP) is 3.23. The monoisotopic (exact) mass is 464 g/mol. The van der Waals surface area contributed by atoms with E-state index in [1.165, 1.54) is 23.1 Å². The second-order valence-corrected chi connectivity index (χ2v) is 8.42. The summed E-state index contributed by atoms with van der Waals surface area (Å²) in [7, 11) is 1.31. The minimum Gasteiger partial charge on any atom is -0.469 e. The minimum atomic E-state index is -0.461. The Morgan fingerprint density at radius 3 is 2.88 bits per heavy atom. The van der Waals surface area contributed by atoms with E-state index in [1.807, 2.05) is 42.5 Å². The summed E-state index contributed by atoms with van der Waals surface area (Å²) < 4.78 is 17.9. The van der Waals surface area contributed by atoms with E-state index in [4.69, 9.17) is 14.2 Å². The van der Waals surface area contributed by atoms with Crippen molar-refractivity contribution in [2.45, 2.75) is 19.9 Å². The number of thiazole rings is 1. The highest BCUT2D eigenvalue weighted by molar-refractivity contribution is 7.20. The number of H-pyrrole nitrogens is 1. The van der Waals surface area contributed by atoms with E-state index in [0.717, 1.165) is 15.8 Å². The lowest BCUT2D eigenvalue weighted by Crippen LogP contribution is -2.20. The number of rotatable bonds is 6. The molecule has 2 aromatic heterocycles. The standard InChI is InChI=1S/C23H20N4O5S/c1-13(24-11-14-7-8-17-18(9-14)32-12-31-17)21-16(10-20(28)30-2)26-27(22(21)29)23-25-15-5-3-4-6-19(15)33-23/h3-9,26H,10-12H2,1-2H3. The lowest BCUT2D eigenvalue weighted by Gasteiger charge is -2.03.